The number of esters is 3. The summed E-state index contributed by atoms with van der Waals surface area (Å²) in [7, 11) is 0. The first-order valence-electron chi connectivity index (χ1n) is 23.9. The van der Waals surface area contributed by atoms with Crippen molar-refractivity contribution >= 4 is 17.9 Å². The van der Waals surface area contributed by atoms with E-state index < -0.39 is 6.10 Å². The molecule has 58 heavy (non-hydrogen) atoms. The predicted molar refractivity (Wildman–Crippen MR) is 247 cm³/mol. The van der Waals surface area contributed by atoms with Gasteiger partial charge in [-0.3, -0.25) is 14.4 Å². The van der Waals surface area contributed by atoms with Crippen molar-refractivity contribution in [2.45, 2.75) is 226 Å². The number of carbonyl (C=O) groups excluding carboxylic acids is 3. The molecule has 6 heteroatoms. The van der Waals surface area contributed by atoms with Crippen molar-refractivity contribution in [3.8, 4) is 0 Å². The summed E-state index contributed by atoms with van der Waals surface area (Å²) in [6, 6.07) is 0. The fraction of sp³-hybridized carbons (Fsp3) is 0.712. The Morgan fingerprint density at radius 3 is 1.10 bits per heavy atom. The lowest BCUT2D eigenvalue weighted by Gasteiger charge is -2.18. The van der Waals surface area contributed by atoms with Crippen LogP contribution in [0.5, 0.6) is 0 Å². The Morgan fingerprint density at radius 2 is 0.672 bits per heavy atom. The molecule has 0 aliphatic heterocycles. The average Bonchev–Trinajstić information content (AvgIpc) is 3.22. The van der Waals surface area contributed by atoms with Gasteiger partial charge in [0, 0.05) is 19.3 Å². The van der Waals surface area contributed by atoms with Gasteiger partial charge in [0.2, 0.25) is 0 Å². The minimum Gasteiger partial charge on any atom is -0.462 e. The van der Waals surface area contributed by atoms with E-state index in [1.54, 1.807) is 0 Å². The van der Waals surface area contributed by atoms with Crippen molar-refractivity contribution in [1.29, 1.82) is 0 Å². The van der Waals surface area contributed by atoms with Crippen LogP contribution < -0.4 is 0 Å². The van der Waals surface area contributed by atoms with Crippen molar-refractivity contribution < 1.29 is 28.6 Å². The van der Waals surface area contributed by atoms with Crippen molar-refractivity contribution in [1.82, 2.24) is 0 Å². The molecule has 0 aromatic heterocycles. The lowest BCUT2D eigenvalue weighted by molar-refractivity contribution is -0.167. The van der Waals surface area contributed by atoms with Gasteiger partial charge in [0.05, 0.1) is 0 Å². The zero-order valence-electron chi connectivity index (χ0n) is 37.8. The maximum atomic E-state index is 12.7. The van der Waals surface area contributed by atoms with E-state index >= 15 is 0 Å². The Labute approximate surface area is 357 Å². The first-order chi connectivity index (χ1) is 28.5. The van der Waals surface area contributed by atoms with E-state index in [1.165, 1.54) is 64.2 Å². The third-order valence-electron chi connectivity index (χ3n) is 9.95. The summed E-state index contributed by atoms with van der Waals surface area (Å²) >= 11 is 0. The van der Waals surface area contributed by atoms with Gasteiger partial charge in [-0.15, -0.1) is 0 Å². The van der Waals surface area contributed by atoms with Crippen molar-refractivity contribution in [2.75, 3.05) is 13.2 Å². The Balaban J connectivity index is 4.18. The highest BCUT2D eigenvalue weighted by atomic mass is 16.6. The minimum absolute atomic E-state index is 0.0835. The highest BCUT2D eigenvalue weighted by molar-refractivity contribution is 5.71. The molecule has 0 saturated carbocycles. The van der Waals surface area contributed by atoms with E-state index in [2.05, 4.69) is 93.7 Å². The second-order valence-electron chi connectivity index (χ2n) is 15.6. The third kappa shape index (κ3) is 44.0. The molecule has 0 aromatic rings. The second-order valence-corrected chi connectivity index (χ2v) is 15.6. The number of hydrogen-bond donors (Lipinski definition) is 0. The van der Waals surface area contributed by atoms with Crippen LogP contribution in [-0.2, 0) is 28.6 Å². The smallest absolute Gasteiger partial charge is 0.306 e. The Morgan fingerprint density at radius 1 is 0.362 bits per heavy atom. The van der Waals surface area contributed by atoms with Gasteiger partial charge in [-0.2, -0.15) is 0 Å². The largest absolute Gasteiger partial charge is 0.462 e. The zero-order chi connectivity index (χ0) is 42.3. The topological polar surface area (TPSA) is 78.9 Å². The minimum atomic E-state index is -0.779. The van der Waals surface area contributed by atoms with Crippen molar-refractivity contribution in [2.24, 2.45) is 0 Å². The summed E-state index contributed by atoms with van der Waals surface area (Å²) in [5.41, 5.74) is 0. The number of rotatable bonds is 42. The third-order valence-corrected chi connectivity index (χ3v) is 9.95. The fourth-order valence-corrected chi connectivity index (χ4v) is 6.34. The lowest BCUT2D eigenvalue weighted by Crippen LogP contribution is -2.30. The van der Waals surface area contributed by atoms with Gasteiger partial charge < -0.3 is 14.2 Å². The highest BCUT2D eigenvalue weighted by Gasteiger charge is 2.19. The first-order valence-corrected chi connectivity index (χ1v) is 23.9. The summed E-state index contributed by atoms with van der Waals surface area (Å²) in [4.78, 5) is 37.5. The molecule has 6 nitrogen and oxygen atoms in total. The molecular weight excluding hydrogens is 721 g/mol. The average molecular weight is 809 g/mol. The first kappa shape index (κ1) is 54.9. The van der Waals surface area contributed by atoms with Gasteiger partial charge in [-0.05, 0) is 89.9 Å². The van der Waals surface area contributed by atoms with Gasteiger partial charge in [0.15, 0.2) is 6.10 Å². The Bertz CT molecular complexity index is 1110. The van der Waals surface area contributed by atoms with E-state index in [1.807, 2.05) is 0 Å². The van der Waals surface area contributed by atoms with Crippen LogP contribution >= 0.6 is 0 Å². The number of hydrogen-bond acceptors (Lipinski definition) is 6. The van der Waals surface area contributed by atoms with Gasteiger partial charge >= 0.3 is 17.9 Å². The molecule has 0 spiro atoms. The molecule has 0 aliphatic carbocycles. The quantitative estimate of drug-likeness (QED) is 0.0264. The summed E-state index contributed by atoms with van der Waals surface area (Å²) in [6.45, 7) is 6.38. The Kier molecular flexibility index (Phi) is 44.0. The van der Waals surface area contributed by atoms with Crippen molar-refractivity contribution in [3.63, 3.8) is 0 Å². The van der Waals surface area contributed by atoms with Gasteiger partial charge in [-0.25, -0.2) is 0 Å². The van der Waals surface area contributed by atoms with E-state index in [0.29, 0.717) is 19.3 Å². The van der Waals surface area contributed by atoms with E-state index in [-0.39, 0.29) is 31.1 Å². The molecule has 0 radical (unpaired) electrons. The van der Waals surface area contributed by atoms with Crippen LogP contribution in [0.15, 0.2) is 72.9 Å². The van der Waals surface area contributed by atoms with Gasteiger partial charge in [0.1, 0.15) is 13.2 Å². The molecular formula is C52H88O6. The SMILES string of the molecule is CC/C=C\C/C=C\C/C=C\C/C=C\C/C=C\CCCCCCCCCC(=O)OCC(COC(=O)CCCCCCC)OC(=O)CCCCCCC/C=C\CCCCC. The molecule has 0 fully saturated rings. The molecule has 0 bridgehead atoms. The maximum absolute atomic E-state index is 12.7. The standard InChI is InChI=1S/C52H88O6/c1-4-7-10-13-15-17-19-21-22-23-24-25-26-27-28-29-30-31-33-34-36-39-42-45-51(54)57-48-49(47-56-50(53)44-41-38-12-9-6-3)58-52(55)46-43-40-37-35-32-20-18-16-14-11-8-5-2/h7,10,15-18,21-22,24-25,27-28,49H,4-6,8-9,11-14,19-20,23,26,29-48H2,1-3H3/b10-7-,17-15-,18-16-,22-21-,25-24-,28-27-. The maximum Gasteiger partial charge on any atom is 0.306 e. The van der Waals surface area contributed by atoms with Crippen molar-refractivity contribution in [3.05, 3.63) is 72.9 Å². The van der Waals surface area contributed by atoms with Crippen LogP contribution in [0.1, 0.15) is 220 Å². The van der Waals surface area contributed by atoms with Crippen LogP contribution in [0, 0.1) is 0 Å². The van der Waals surface area contributed by atoms with E-state index in [9.17, 15) is 14.4 Å². The van der Waals surface area contributed by atoms with Crippen LogP contribution in [0.3, 0.4) is 0 Å². The summed E-state index contributed by atoms with van der Waals surface area (Å²) in [5, 5.41) is 0. The summed E-state index contributed by atoms with van der Waals surface area (Å²) < 4.78 is 16.6. The Hall–Kier alpha value is -3.15. The molecule has 0 heterocycles. The number of carbonyl (C=O) groups is 3. The molecule has 332 valence electrons. The molecule has 0 rings (SSSR count). The van der Waals surface area contributed by atoms with Crippen LogP contribution in [0.25, 0.3) is 0 Å². The number of ether oxygens (including phenoxy) is 3. The monoisotopic (exact) mass is 809 g/mol. The van der Waals surface area contributed by atoms with Crippen LogP contribution in [0.2, 0.25) is 0 Å². The van der Waals surface area contributed by atoms with E-state index in [4.69, 9.17) is 14.2 Å². The molecule has 0 saturated heterocycles. The predicted octanol–water partition coefficient (Wildman–Crippen LogP) is 15.5. The van der Waals surface area contributed by atoms with Crippen LogP contribution in [0.4, 0.5) is 0 Å². The second kappa shape index (κ2) is 46.5. The molecule has 1 unspecified atom stereocenters. The fourth-order valence-electron chi connectivity index (χ4n) is 6.34. The van der Waals surface area contributed by atoms with Crippen LogP contribution in [-0.4, -0.2) is 37.2 Å². The zero-order valence-corrected chi connectivity index (χ0v) is 37.8. The van der Waals surface area contributed by atoms with E-state index in [0.717, 1.165) is 116 Å². The molecule has 0 amide bonds. The van der Waals surface area contributed by atoms with Gasteiger partial charge in [-0.1, -0.05) is 184 Å². The lowest BCUT2D eigenvalue weighted by atomic mass is 10.1. The van der Waals surface area contributed by atoms with Gasteiger partial charge in [0.25, 0.3) is 0 Å². The summed E-state index contributed by atoms with van der Waals surface area (Å²) in [6.07, 6.45) is 57.8. The molecule has 0 aliphatic rings. The normalized spacial score (nSPS) is 12.7. The molecule has 1 atom stereocenters. The highest BCUT2D eigenvalue weighted by Crippen LogP contribution is 2.13. The molecule has 0 N–H and O–H groups in total. The summed E-state index contributed by atoms with van der Waals surface area (Å²) in [5.74, 6) is -0.922. The molecule has 0 aromatic carbocycles. The number of unbranched alkanes of at least 4 members (excludes halogenated alkanes) is 19. The number of allylic oxidation sites excluding steroid dienone is 12.